The first-order valence-corrected chi connectivity index (χ1v) is 12.6. The highest BCUT2D eigenvalue weighted by molar-refractivity contribution is 7.90. The minimum atomic E-state index is -3.42. The second kappa shape index (κ2) is 9.52. The summed E-state index contributed by atoms with van der Waals surface area (Å²) in [5, 5.41) is 2.87. The van der Waals surface area contributed by atoms with E-state index in [4.69, 9.17) is 4.74 Å². The van der Waals surface area contributed by atoms with Gasteiger partial charge in [-0.2, -0.15) is 0 Å². The molecular formula is C22H35FN4O4S. The van der Waals surface area contributed by atoms with Gasteiger partial charge in [0.15, 0.2) is 6.30 Å². The minimum Gasteiger partial charge on any atom is -0.369 e. The third-order valence-electron chi connectivity index (χ3n) is 5.95. The summed E-state index contributed by atoms with van der Waals surface area (Å²) in [4.78, 5) is 16.0. The van der Waals surface area contributed by atoms with Crippen LogP contribution in [0.1, 0.15) is 47.5 Å². The first kappa shape index (κ1) is 24.7. The average molecular weight is 471 g/mol. The molecule has 2 saturated heterocycles. The van der Waals surface area contributed by atoms with E-state index in [1.54, 1.807) is 61.8 Å². The van der Waals surface area contributed by atoms with E-state index in [0.717, 1.165) is 5.69 Å². The third-order valence-corrected chi connectivity index (χ3v) is 8.20. The van der Waals surface area contributed by atoms with Crippen LogP contribution in [0.3, 0.4) is 0 Å². The van der Waals surface area contributed by atoms with Crippen molar-refractivity contribution >= 4 is 27.4 Å². The van der Waals surface area contributed by atoms with E-state index < -0.39 is 27.2 Å². The van der Waals surface area contributed by atoms with Crippen LogP contribution in [0.2, 0.25) is 0 Å². The van der Waals surface area contributed by atoms with Gasteiger partial charge in [-0.15, -0.1) is 0 Å². The number of alkyl halides is 1. The van der Waals surface area contributed by atoms with E-state index in [1.807, 2.05) is 6.92 Å². The number of carbonyl (C=O) groups is 1. The number of rotatable bonds is 4. The fraction of sp³-hybridized carbons (Fsp3) is 0.682. The van der Waals surface area contributed by atoms with Crippen molar-refractivity contribution in [1.82, 2.24) is 9.62 Å². The maximum Gasteiger partial charge on any atom is 0.321 e. The average Bonchev–Trinajstić information content (AvgIpc) is 2.70. The highest BCUT2D eigenvalue weighted by Crippen LogP contribution is 2.27. The van der Waals surface area contributed by atoms with Gasteiger partial charge in [-0.05, 0) is 71.7 Å². The molecule has 2 aliphatic rings. The van der Waals surface area contributed by atoms with E-state index >= 15 is 0 Å². The number of benzene rings is 1. The van der Waals surface area contributed by atoms with Gasteiger partial charge in [-0.1, -0.05) is 0 Å². The van der Waals surface area contributed by atoms with E-state index in [9.17, 15) is 17.6 Å². The number of urea groups is 1. The fourth-order valence-electron chi connectivity index (χ4n) is 3.89. The number of hydrogen-bond acceptors (Lipinski definition) is 5. The number of hydrogen-bond donors (Lipinski definition) is 2. The molecule has 1 aromatic carbocycles. The van der Waals surface area contributed by atoms with Crippen LogP contribution in [0.15, 0.2) is 24.3 Å². The second-order valence-electron chi connectivity index (χ2n) is 9.65. The standard InChI is InChI=1S/C22H35FN4O4S/c1-15-14-27(20(23)16(2)31-15)19-8-6-17(7-9-19)24-21(28)26-12-10-18(11-13-26)25-32(29,30)22(3,4)5/h6-9,15-16,18,20,25H,10-14H2,1-5H3,(H,24,28)/t15-,16+,20?/m0/s1. The van der Waals surface area contributed by atoms with Gasteiger partial charge < -0.3 is 19.9 Å². The molecule has 1 unspecified atom stereocenters. The molecule has 0 radical (unpaired) electrons. The molecule has 2 heterocycles. The number of carbonyl (C=O) groups excluding carboxylic acids is 1. The number of halogens is 1. The van der Waals surface area contributed by atoms with Crippen LogP contribution >= 0.6 is 0 Å². The Morgan fingerprint density at radius 3 is 2.28 bits per heavy atom. The summed E-state index contributed by atoms with van der Waals surface area (Å²) in [6.07, 6.45) is -0.662. The molecule has 2 aliphatic heterocycles. The van der Waals surface area contributed by atoms with Crippen LogP contribution in [0.25, 0.3) is 0 Å². The number of nitrogens with one attached hydrogen (secondary N) is 2. The molecule has 0 aromatic heterocycles. The van der Waals surface area contributed by atoms with Gasteiger partial charge >= 0.3 is 6.03 Å². The zero-order valence-corrected chi connectivity index (χ0v) is 20.3. The third kappa shape index (κ3) is 5.71. The van der Waals surface area contributed by atoms with Crippen molar-refractivity contribution in [2.75, 3.05) is 29.9 Å². The lowest BCUT2D eigenvalue weighted by Gasteiger charge is -2.39. The van der Waals surface area contributed by atoms with Gasteiger partial charge in [-0.25, -0.2) is 22.3 Å². The number of sulfonamides is 1. The Balaban J connectivity index is 1.52. The number of ether oxygens (including phenoxy) is 1. The van der Waals surface area contributed by atoms with Gasteiger partial charge in [0, 0.05) is 37.1 Å². The molecule has 3 atom stereocenters. The summed E-state index contributed by atoms with van der Waals surface area (Å²) in [5.74, 6) is 0. The molecule has 8 nitrogen and oxygen atoms in total. The monoisotopic (exact) mass is 470 g/mol. The summed E-state index contributed by atoms with van der Waals surface area (Å²) in [6, 6.07) is 6.70. The van der Waals surface area contributed by atoms with Gasteiger partial charge in [0.25, 0.3) is 0 Å². The van der Waals surface area contributed by atoms with E-state index in [-0.39, 0.29) is 18.2 Å². The van der Waals surface area contributed by atoms with Crippen LogP contribution in [0.5, 0.6) is 0 Å². The van der Waals surface area contributed by atoms with Crippen molar-refractivity contribution in [2.24, 2.45) is 0 Å². The number of amides is 2. The number of likely N-dealkylation sites (tertiary alicyclic amines) is 1. The molecule has 180 valence electrons. The highest BCUT2D eigenvalue weighted by atomic mass is 32.2. The molecule has 0 bridgehead atoms. The van der Waals surface area contributed by atoms with Crippen molar-refractivity contribution in [1.29, 1.82) is 0 Å². The van der Waals surface area contributed by atoms with Crippen LogP contribution in [-0.2, 0) is 14.8 Å². The van der Waals surface area contributed by atoms with Crippen molar-refractivity contribution in [3.8, 4) is 0 Å². The molecular weight excluding hydrogens is 435 g/mol. The summed E-state index contributed by atoms with van der Waals surface area (Å²) in [5.41, 5.74) is 1.36. The number of piperidine rings is 1. The number of morpholine rings is 1. The summed E-state index contributed by atoms with van der Waals surface area (Å²) < 4.78 is 46.6. The van der Waals surface area contributed by atoms with Crippen molar-refractivity contribution in [3.63, 3.8) is 0 Å². The Kier molecular flexibility index (Phi) is 7.36. The SMILES string of the molecule is C[C@H]1CN(c2ccc(NC(=O)N3CCC(NS(=O)(=O)C(C)(C)C)CC3)cc2)C(F)[C@@H](C)O1. The lowest BCUT2D eigenvalue weighted by Crippen LogP contribution is -2.51. The van der Waals surface area contributed by atoms with Gasteiger partial charge in [0.2, 0.25) is 10.0 Å². The van der Waals surface area contributed by atoms with Crippen molar-refractivity contribution in [3.05, 3.63) is 24.3 Å². The molecule has 2 N–H and O–H groups in total. The van der Waals surface area contributed by atoms with Crippen LogP contribution in [0.4, 0.5) is 20.6 Å². The van der Waals surface area contributed by atoms with Crippen LogP contribution in [0, 0.1) is 0 Å². The Morgan fingerprint density at radius 1 is 1.12 bits per heavy atom. The first-order valence-electron chi connectivity index (χ1n) is 11.1. The zero-order valence-electron chi connectivity index (χ0n) is 19.5. The first-order chi connectivity index (χ1) is 14.9. The Bertz CT molecular complexity index is 896. The lowest BCUT2D eigenvalue weighted by molar-refractivity contribution is -0.0614. The number of nitrogens with zero attached hydrogens (tertiary/aromatic N) is 2. The predicted molar refractivity (Wildman–Crippen MR) is 124 cm³/mol. The molecule has 3 rings (SSSR count). The van der Waals surface area contributed by atoms with E-state index in [0.29, 0.717) is 38.2 Å². The maximum absolute atomic E-state index is 14.5. The van der Waals surface area contributed by atoms with Crippen LogP contribution in [-0.4, -0.2) is 68.3 Å². The summed E-state index contributed by atoms with van der Waals surface area (Å²) in [6.45, 7) is 10.0. The molecule has 0 aliphatic carbocycles. The second-order valence-corrected chi connectivity index (χ2v) is 12.1. The van der Waals surface area contributed by atoms with Gasteiger partial charge in [-0.3, -0.25) is 0 Å². The zero-order chi connectivity index (χ0) is 23.7. The molecule has 0 spiro atoms. The summed E-state index contributed by atoms with van der Waals surface area (Å²) >= 11 is 0. The van der Waals surface area contributed by atoms with Crippen molar-refractivity contribution < 1.29 is 22.3 Å². The minimum absolute atomic E-state index is 0.0628. The molecule has 0 saturated carbocycles. The largest absolute Gasteiger partial charge is 0.369 e. The molecule has 2 amide bonds. The highest BCUT2D eigenvalue weighted by Gasteiger charge is 2.34. The van der Waals surface area contributed by atoms with Gasteiger partial charge in [0.1, 0.15) is 6.10 Å². The molecule has 2 fully saturated rings. The van der Waals surface area contributed by atoms with E-state index in [2.05, 4.69) is 10.0 Å². The number of anilines is 2. The van der Waals surface area contributed by atoms with Crippen LogP contribution < -0.4 is 14.9 Å². The Hall–Kier alpha value is -1.91. The predicted octanol–water partition coefficient (Wildman–Crippen LogP) is 3.31. The molecule has 32 heavy (non-hydrogen) atoms. The quantitative estimate of drug-likeness (QED) is 0.659. The smallest absolute Gasteiger partial charge is 0.321 e. The normalized spacial score (nSPS) is 25.6. The fourth-order valence-corrected chi connectivity index (χ4v) is 4.92. The lowest BCUT2D eigenvalue weighted by atomic mass is 10.1. The topological polar surface area (TPSA) is 91.0 Å². The summed E-state index contributed by atoms with van der Waals surface area (Å²) in [7, 11) is -3.42. The van der Waals surface area contributed by atoms with Gasteiger partial charge in [0.05, 0.1) is 10.9 Å². The molecule has 10 heteroatoms. The Labute approximate surface area is 190 Å². The van der Waals surface area contributed by atoms with E-state index in [1.165, 1.54) is 0 Å². The Morgan fingerprint density at radius 2 is 1.72 bits per heavy atom. The maximum atomic E-state index is 14.5. The van der Waals surface area contributed by atoms with Crippen molar-refractivity contribution in [2.45, 2.75) is 76.8 Å². The molecule has 1 aromatic rings.